The minimum atomic E-state index is 0.864. The second-order valence-corrected chi connectivity index (χ2v) is 6.37. The zero-order valence-electron chi connectivity index (χ0n) is 10.5. The predicted octanol–water partition coefficient (Wildman–Crippen LogP) is 4.48. The van der Waals surface area contributed by atoms with E-state index >= 15 is 0 Å². The van der Waals surface area contributed by atoms with Crippen LogP contribution in [0.4, 0.5) is 5.69 Å². The maximum Gasteiger partial charge on any atom is 0.175 e. The van der Waals surface area contributed by atoms with Crippen molar-refractivity contribution < 1.29 is 0 Å². The summed E-state index contributed by atoms with van der Waals surface area (Å²) in [6.07, 6.45) is 0. The lowest BCUT2D eigenvalue weighted by Crippen LogP contribution is -2.08. The van der Waals surface area contributed by atoms with Crippen LogP contribution in [0.3, 0.4) is 0 Å². The van der Waals surface area contributed by atoms with Crippen molar-refractivity contribution in [3.8, 4) is 0 Å². The van der Waals surface area contributed by atoms with Crippen LogP contribution in [0.25, 0.3) is 11.0 Å². The van der Waals surface area contributed by atoms with E-state index in [4.69, 9.17) is 4.99 Å². The van der Waals surface area contributed by atoms with Crippen molar-refractivity contribution in [3.63, 3.8) is 0 Å². The van der Waals surface area contributed by atoms with Gasteiger partial charge < -0.3 is 0 Å². The van der Waals surface area contributed by atoms with Gasteiger partial charge in [0.25, 0.3) is 0 Å². The van der Waals surface area contributed by atoms with Crippen LogP contribution in [0, 0.1) is 0 Å². The minimum absolute atomic E-state index is 0.864. The van der Waals surface area contributed by atoms with Crippen LogP contribution in [0.1, 0.15) is 0 Å². The van der Waals surface area contributed by atoms with Crippen LogP contribution < -0.4 is 0 Å². The molecule has 98 valence electrons. The SMILES string of the molecule is Brc1ccc(N=C2CSc3nc4ccccc4n32)cc1. The lowest BCUT2D eigenvalue weighted by Gasteiger charge is -2.02. The van der Waals surface area contributed by atoms with Crippen LogP contribution in [0.5, 0.6) is 0 Å². The quantitative estimate of drug-likeness (QED) is 0.651. The van der Waals surface area contributed by atoms with E-state index in [2.05, 4.69) is 31.5 Å². The van der Waals surface area contributed by atoms with Crippen LogP contribution in [0.15, 0.2) is 63.2 Å². The molecule has 2 heterocycles. The van der Waals surface area contributed by atoms with Crippen LogP contribution in [-0.2, 0) is 0 Å². The third-order valence-electron chi connectivity index (χ3n) is 3.20. The van der Waals surface area contributed by atoms with Crippen molar-refractivity contribution in [2.75, 3.05) is 5.75 Å². The van der Waals surface area contributed by atoms with Crippen molar-refractivity contribution in [1.29, 1.82) is 0 Å². The average Bonchev–Trinajstić information content (AvgIpc) is 3.01. The van der Waals surface area contributed by atoms with Gasteiger partial charge in [0, 0.05) is 4.47 Å². The molecule has 3 nitrogen and oxygen atoms in total. The number of imidazole rings is 1. The van der Waals surface area contributed by atoms with E-state index in [9.17, 15) is 0 Å². The van der Waals surface area contributed by atoms with Gasteiger partial charge in [0.05, 0.1) is 22.5 Å². The lowest BCUT2D eigenvalue weighted by molar-refractivity contribution is 0.985. The van der Waals surface area contributed by atoms with E-state index in [1.165, 1.54) is 0 Å². The van der Waals surface area contributed by atoms with Crippen LogP contribution in [0.2, 0.25) is 0 Å². The molecule has 0 bridgehead atoms. The number of nitrogens with zero attached hydrogens (tertiary/aromatic N) is 3. The van der Waals surface area contributed by atoms with Crippen LogP contribution in [-0.4, -0.2) is 21.1 Å². The first-order valence-corrected chi connectivity index (χ1v) is 8.03. The molecule has 0 fully saturated rings. The first kappa shape index (κ1) is 12.2. The number of hydrogen-bond acceptors (Lipinski definition) is 3. The van der Waals surface area contributed by atoms with Crippen molar-refractivity contribution in [2.24, 2.45) is 4.99 Å². The Balaban J connectivity index is 1.85. The molecule has 5 heteroatoms. The Kier molecular flexibility index (Phi) is 2.89. The molecule has 1 aliphatic heterocycles. The number of benzene rings is 2. The maximum absolute atomic E-state index is 4.76. The fraction of sp³-hybridized carbons (Fsp3) is 0.0667. The van der Waals surface area contributed by atoms with Gasteiger partial charge in [-0.2, -0.15) is 0 Å². The van der Waals surface area contributed by atoms with Gasteiger partial charge in [-0.15, -0.1) is 0 Å². The van der Waals surface area contributed by atoms with Gasteiger partial charge >= 0.3 is 0 Å². The van der Waals surface area contributed by atoms with E-state index in [0.717, 1.165) is 37.9 Å². The topological polar surface area (TPSA) is 30.2 Å². The molecule has 0 aliphatic carbocycles. The smallest absolute Gasteiger partial charge is 0.175 e. The highest BCUT2D eigenvalue weighted by Crippen LogP contribution is 2.31. The Bertz CT molecular complexity index is 821. The number of para-hydroxylation sites is 2. The molecule has 1 aromatic heterocycles. The first-order valence-electron chi connectivity index (χ1n) is 6.25. The molecule has 0 unspecified atom stereocenters. The third kappa shape index (κ3) is 1.98. The number of halogens is 1. The summed E-state index contributed by atoms with van der Waals surface area (Å²) in [6.45, 7) is 0. The molecular formula is C15H10BrN3S. The molecule has 0 atom stereocenters. The van der Waals surface area contributed by atoms with Crippen molar-refractivity contribution >= 4 is 50.2 Å². The highest BCUT2D eigenvalue weighted by molar-refractivity contribution is 9.10. The Labute approximate surface area is 128 Å². The van der Waals surface area contributed by atoms with Gasteiger partial charge in [-0.1, -0.05) is 39.8 Å². The molecule has 0 amide bonds. The van der Waals surface area contributed by atoms with Crippen LogP contribution >= 0.6 is 27.7 Å². The molecule has 0 saturated carbocycles. The number of aliphatic imine (C=N–C) groups is 1. The summed E-state index contributed by atoms with van der Waals surface area (Å²) in [6, 6.07) is 16.2. The molecule has 0 radical (unpaired) electrons. The highest BCUT2D eigenvalue weighted by Gasteiger charge is 2.22. The van der Waals surface area contributed by atoms with Gasteiger partial charge in [-0.3, -0.25) is 4.57 Å². The van der Waals surface area contributed by atoms with Gasteiger partial charge in [-0.05, 0) is 36.4 Å². The Morgan fingerprint density at radius 2 is 1.90 bits per heavy atom. The largest absolute Gasteiger partial charge is 0.274 e. The fourth-order valence-electron chi connectivity index (χ4n) is 2.29. The first-order chi connectivity index (χ1) is 9.81. The number of thioether (sulfide) groups is 1. The molecular weight excluding hydrogens is 334 g/mol. The molecule has 3 aromatic rings. The zero-order valence-corrected chi connectivity index (χ0v) is 12.9. The predicted molar refractivity (Wildman–Crippen MR) is 87.1 cm³/mol. The van der Waals surface area contributed by atoms with E-state index < -0.39 is 0 Å². The highest BCUT2D eigenvalue weighted by atomic mass is 79.9. The molecule has 0 N–H and O–H groups in total. The van der Waals surface area contributed by atoms with Crippen molar-refractivity contribution in [3.05, 3.63) is 53.0 Å². The number of aromatic nitrogens is 2. The summed E-state index contributed by atoms with van der Waals surface area (Å²) in [5.74, 6) is 1.91. The summed E-state index contributed by atoms with van der Waals surface area (Å²) >= 11 is 5.18. The molecule has 4 rings (SSSR count). The third-order valence-corrected chi connectivity index (χ3v) is 4.67. The summed E-state index contributed by atoms with van der Waals surface area (Å²) in [7, 11) is 0. The van der Waals surface area contributed by atoms with Gasteiger partial charge in [0.1, 0.15) is 5.84 Å². The maximum atomic E-state index is 4.76. The van der Waals surface area contributed by atoms with E-state index in [0.29, 0.717) is 0 Å². The Hall–Kier alpha value is -1.59. The standard InChI is InChI=1S/C15H10BrN3S/c16-10-5-7-11(8-6-10)17-14-9-20-15-18-12-3-1-2-4-13(12)19(14)15/h1-8H,9H2. The normalized spacial score (nSPS) is 15.9. The molecule has 2 aromatic carbocycles. The van der Waals surface area contributed by atoms with Gasteiger partial charge in [-0.25, -0.2) is 9.98 Å². The number of rotatable bonds is 1. The van der Waals surface area contributed by atoms with Crippen molar-refractivity contribution in [2.45, 2.75) is 5.16 Å². The monoisotopic (exact) mass is 343 g/mol. The Morgan fingerprint density at radius 1 is 1.10 bits per heavy atom. The summed E-state index contributed by atoms with van der Waals surface area (Å²) in [5.41, 5.74) is 3.12. The molecule has 0 spiro atoms. The van der Waals surface area contributed by atoms with Gasteiger partial charge in [0.15, 0.2) is 5.16 Å². The average molecular weight is 344 g/mol. The number of fused-ring (bicyclic) bond motifs is 3. The summed E-state index contributed by atoms with van der Waals surface area (Å²) in [4.78, 5) is 9.40. The zero-order chi connectivity index (χ0) is 13.5. The minimum Gasteiger partial charge on any atom is -0.274 e. The Morgan fingerprint density at radius 3 is 2.75 bits per heavy atom. The summed E-state index contributed by atoms with van der Waals surface area (Å²) < 4.78 is 3.22. The summed E-state index contributed by atoms with van der Waals surface area (Å²) in [5, 5.41) is 1.03. The van der Waals surface area contributed by atoms with E-state index in [-0.39, 0.29) is 0 Å². The lowest BCUT2D eigenvalue weighted by atomic mass is 10.3. The molecule has 1 aliphatic rings. The number of hydrogen-bond donors (Lipinski definition) is 0. The second-order valence-electron chi connectivity index (χ2n) is 4.51. The molecule has 20 heavy (non-hydrogen) atoms. The van der Waals surface area contributed by atoms with E-state index in [1.54, 1.807) is 11.8 Å². The van der Waals surface area contributed by atoms with Gasteiger partial charge in [0.2, 0.25) is 0 Å². The molecule has 0 saturated heterocycles. The van der Waals surface area contributed by atoms with Crippen molar-refractivity contribution in [1.82, 2.24) is 9.55 Å². The fourth-order valence-corrected chi connectivity index (χ4v) is 3.50. The van der Waals surface area contributed by atoms with E-state index in [1.807, 2.05) is 42.5 Å². The second kappa shape index (κ2) is 4.75.